The van der Waals surface area contributed by atoms with Crippen LogP contribution in [0, 0.1) is 11.6 Å². The molecule has 2 aromatic carbocycles. The Kier molecular flexibility index (Phi) is 2.78. The zero-order valence-electron chi connectivity index (χ0n) is 11.1. The van der Waals surface area contributed by atoms with Crippen molar-refractivity contribution in [3.05, 3.63) is 48.3 Å². The van der Waals surface area contributed by atoms with E-state index >= 15 is 0 Å². The highest BCUT2D eigenvalue weighted by Crippen LogP contribution is 2.35. The van der Waals surface area contributed by atoms with E-state index in [4.69, 9.17) is 9.47 Å². The average molecular weight is 301 g/mol. The molecule has 110 valence electrons. The van der Waals surface area contributed by atoms with Crippen LogP contribution in [0.3, 0.4) is 0 Å². The molecule has 7 heteroatoms. The van der Waals surface area contributed by atoms with Crippen LogP contribution in [0.25, 0.3) is 10.9 Å². The summed E-state index contributed by atoms with van der Waals surface area (Å²) in [4.78, 5) is 8.02. The minimum atomic E-state index is -0.948. The molecule has 2 heterocycles. The summed E-state index contributed by atoms with van der Waals surface area (Å²) in [5.74, 6) is -0.245. The number of anilines is 2. The van der Waals surface area contributed by atoms with Crippen LogP contribution in [0.15, 0.2) is 36.7 Å². The number of hydrogen-bond donors (Lipinski definition) is 1. The Morgan fingerprint density at radius 3 is 2.68 bits per heavy atom. The van der Waals surface area contributed by atoms with E-state index < -0.39 is 11.6 Å². The van der Waals surface area contributed by atoms with Crippen molar-refractivity contribution in [3.63, 3.8) is 0 Å². The lowest BCUT2D eigenvalue weighted by Gasteiger charge is -2.09. The molecular formula is C15H9F2N3O2. The molecule has 1 aliphatic heterocycles. The molecule has 1 aliphatic rings. The topological polar surface area (TPSA) is 56.3 Å². The summed E-state index contributed by atoms with van der Waals surface area (Å²) in [5.41, 5.74) is 1.01. The van der Waals surface area contributed by atoms with Gasteiger partial charge in [0.2, 0.25) is 6.79 Å². The van der Waals surface area contributed by atoms with Crippen LogP contribution in [-0.4, -0.2) is 16.8 Å². The predicted octanol–water partition coefficient (Wildman–Crippen LogP) is 3.38. The Hall–Kier alpha value is -2.96. The maximum Gasteiger partial charge on any atom is 0.231 e. The molecule has 0 fully saturated rings. The summed E-state index contributed by atoms with van der Waals surface area (Å²) < 4.78 is 37.3. The first-order valence-corrected chi connectivity index (χ1v) is 6.47. The van der Waals surface area contributed by atoms with E-state index in [1.165, 1.54) is 6.33 Å². The highest BCUT2D eigenvalue weighted by molar-refractivity contribution is 5.90. The minimum absolute atomic E-state index is 0.180. The quantitative estimate of drug-likeness (QED) is 0.786. The van der Waals surface area contributed by atoms with Gasteiger partial charge in [-0.05, 0) is 18.2 Å². The molecule has 1 N–H and O–H groups in total. The first kappa shape index (κ1) is 12.8. The molecule has 0 atom stereocenters. The highest BCUT2D eigenvalue weighted by atomic mass is 19.2. The number of benzene rings is 2. The summed E-state index contributed by atoms with van der Waals surface area (Å²) in [6.07, 6.45) is 1.29. The van der Waals surface area contributed by atoms with Gasteiger partial charge in [-0.15, -0.1) is 0 Å². The SMILES string of the molecule is Fc1cc2ncnc(Nc3ccc4c(c3)OCO4)c2cc1F. The summed E-state index contributed by atoms with van der Waals surface area (Å²) >= 11 is 0. The molecule has 5 nitrogen and oxygen atoms in total. The minimum Gasteiger partial charge on any atom is -0.454 e. The molecule has 3 aromatic rings. The first-order chi connectivity index (χ1) is 10.7. The lowest BCUT2D eigenvalue weighted by molar-refractivity contribution is 0.174. The summed E-state index contributed by atoms with van der Waals surface area (Å²) in [7, 11) is 0. The van der Waals surface area contributed by atoms with Crippen molar-refractivity contribution < 1.29 is 18.3 Å². The lowest BCUT2D eigenvalue weighted by atomic mass is 10.2. The summed E-state index contributed by atoms with van der Waals surface area (Å²) in [6.45, 7) is 0.180. The molecule has 4 rings (SSSR count). The molecular weight excluding hydrogens is 292 g/mol. The Balaban J connectivity index is 1.76. The van der Waals surface area contributed by atoms with Crippen LogP contribution >= 0.6 is 0 Å². The summed E-state index contributed by atoms with van der Waals surface area (Å²) in [6, 6.07) is 7.39. The predicted molar refractivity (Wildman–Crippen MR) is 75.3 cm³/mol. The third-order valence-corrected chi connectivity index (χ3v) is 3.31. The number of fused-ring (bicyclic) bond motifs is 2. The smallest absolute Gasteiger partial charge is 0.231 e. The Bertz CT molecular complexity index is 886. The van der Waals surface area contributed by atoms with Crippen molar-refractivity contribution in [3.8, 4) is 11.5 Å². The van der Waals surface area contributed by atoms with Crippen molar-refractivity contribution >= 4 is 22.4 Å². The van der Waals surface area contributed by atoms with Gasteiger partial charge in [-0.25, -0.2) is 18.7 Å². The van der Waals surface area contributed by atoms with E-state index in [1.807, 2.05) is 0 Å². The van der Waals surface area contributed by atoms with E-state index in [1.54, 1.807) is 18.2 Å². The van der Waals surface area contributed by atoms with Crippen LogP contribution in [-0.2, 0) is 0 Å². The molecule has 0 unspecified atom stereocenters. The van der Waals surface area contributed by atoms with Gasteiger partial charge < -0.3 is 14.8 Å². The second-order valence-electron chi connectivity index (χ2n) is 4.70. The largest absolute Gasteiger partial charge is 0.454 e. The third-order valence-electron chi connectivity index (χ3n) is 3.31. The highest BCUT2D eigenvalue weighted by Gasteiger charge is 2.14. The van der Waals surface area contributed by atoms with Crippen molar-refractivity contribution in [2.45, 2.75) is 0 Å². The number of halogens is 2. The van der Waals surface area contributed by atoms with Gasteiger partial charge in [0, 0.05) is 23.2 Å². The maximum atomic E-state index is 13.5. The van der Waals surface area contributed by atoms with E-state index in [0.717, 1.165) is 12.1 Å². The van der Waals surface area contributed by atoms with Crippen molar-refractivity contribution in [1.29, 1.82) is 0 Å². The molecule has 0 amide bonds. The van der Waals surface area contributed by atoms with Crippen LogP contribution in [0.2, 0.25) is 0 Å². The van der Waals surface area contributed by atoms with Crippen LogP contribution in [0.1, 0.15) is 0 Å². The number of nitrogens with one attached hydrogen (secondary N) is 1. The zero-order valence-corrected chi connectivity index (χ0v) is 11.1. The Morgan fingerprint density at radius 2 is 1.77 bits per heavy atom. The fraction of sp³-hybridized carbons (Fsp3) is 0.0667. The fourth-order valence-electron chi connectivity index (χ4n) is 2.26. The van der Waals surface area contributed by atoms with Gasteiger partial charge in [0.05, 0.1) is 5.52 Å². The van der Waals surface area contributed by atoms with Gasteiger partial charge in [-0.2, -0.15) is 0 Å². The second-order valence-corrected chi connectivity index (χ2v) is 4.70. The maximum absolute atomic E-state index is 13.5. The van der Waals surface area contributed by atoms with E-state index in [2.05, 4.69) is 15.3 Å². The van der Waals surface area contributed by atoms with Crippen LogP contribution in [0.4, 0.5) is 20.3 Å². The lowest BCUT2D eigenvalue weighted by Crippen LogP contribution is -1.97. The van der Waals surface area contributed by atoms with E-state index in [9.17, 15) is 8.78 Å². The molecule has 0 bridgehead atoms. The van der Waals surface area contributed by atoms with Gasteiger partial charge in [0.1, 0.15) is 12.1 Å². The van der Waals surface area contributed by atoms with Crippen molar-refractivity contribution in [2.75, 3.05) is 12.1 Å². The van der Waals surface area contributed by atoms with Gasteiger partial charge in [0.15, 0.2) is 23.1 Å². The van der Waals surface area contributed by atoms with Crippen molar-refractivity contribution in [1.82, 2.24) is 9.97 Å². The molecule has 0 radical (unpaired) electrons. The van der Waals surface area contributed by atoms with E-state index in [-0.39, 0.29) is 6.79 Å². The second kappa shape index (κ2) is 4.80. The number of nitrogens with zero attached hydrogens (tertiary/aromatic N) is 2. The van der Waals surface area contributed by atoms with Crippen LogP contribution in [0.5, 0.6) is 11.5 Å². The fourth-order valence-corrected chi connectivity index (χ4v) is 2.26. The molecule has 1 aromatic heterocycles. The number of rotatable bonds is 2. The normalized spacial score (nSPS) is 12.6. The van der Waals surface area contributed by atoms with Gasteiger partial charge in [-0.3, -0.25) is 0 Å². The van der Waals surface area contributed by atoms with E-state index in [0.29, 0.717) is 33.9 Å². The monoisotopic (exact) mass is 301 g/mol. The average Bonchev–Trinajstić information content (AvgIpc) is 2.97. The molecule has 0 aliphatic carbocycles. The standard InChI is InChI=1S/C15H9F2N3O2/c16-10-4-9-12(5-11(10)17)18-6-19-15(9)20-8-1-2-13-14(3-8)22-7-21-13/h1-6H,7H2,(H,18,19,20). The van der Waals surface area contributed by atoms with Gasteiger partial charge >= 0.3 is 0 Å². The van der Waals surface area contributed by atoms with Crippen molar-refractivity contribution in [2.24, 2.45) is 0 Å². The summed E-state index contributed by atoms with van der Waals surface area (Å²) in [5, 5.41) is 3.44. The molecule has 0 saturated heterocycles. The zero-order chi connectivity index (χ0) is 15.1. The number of aromatic nitrogens is 2. The number of hydrogen-bond acceptors (Lipinski definition) is 5. The van der Waals surface area contributed by atoms with Gasteiger partial charge in [0.25, 0.3) is 0 Å². The Labute approximate surface area is 123 Å². The molecule has 22 heavy (non-hydrogen) atoms. The Morgan fingerprint density at radius 1 is 0.955 bits per heavy atom. The molecule has 0 saturated carbocycles. The third kappa shape index (κ3) is 2.07. The first-order valence-electron chi connectivity index (χ1n) is 6.47. The van der Waals surface area contributed by atoms with Gasteiger partial charge in [-0.1, -0.05) is 0 Å². The van der Waals surface area contributed by atoms with Crippen LogP contribution < -0.4 is 14.8 Å². The number of ether oxygens (including phenoxy) is 2. The molecule has 0 spiro atoms.